The summed E-state index contributed by atoms with van der Waals surface area (Å²) in [7, 11) is 3.20. The molecular weight excluding hydrogens is 712 g/mol. The number of esters is 1. The maximum atomic E-state index is 13.4. The number of rotatable bonds is 10. The zero-order chi connectivity index (χ0) is 40.5. The Hall–Kier alpha value is -1.78. The third-order valence-electron chi connectivity index (χ3n) is 15.2. The first kappa shape index (κ1) is 42.8. The molecule has 6 rings (SSSR count). The molecule has 13 heteroatoms. The molecule has 5 fully saturated rings. The standard InChI is InChI=1S/C42H66O13/c1-22(2)23(3)17-33(44)54-32-21-31-38(7)13-12-28(18-27(38)11-14-41(31,47)42(48)16-15-40(46,26(6)43)39(32,42)8)53-34-20-30(50-10)37(25(5)52-34)55-35-19-29(49-9)36(45)24(4)51-35/h11,17,22,24-25,28-32,34-37,45-48H,12-16,18-21H2,1-10H3/b23-17+/t24-,25-,28+,29-,30+,31-,32-,34+,35+,36-,37-,38+,39-,40-,41+,42-/m1/s1. The zero-order valence-corrected chi connectivity index (χ0v) is 34.4. The first-order valence-electron chi connectivity index (χ1n) is 20.3. The largest absolute Gasteiger partial charge is 0.458 e. The Morgan fingerprint density at radius 3 is 2.18 bits per heavy atom. The van der Waals surface area contributed by atoms with Gasteiger partial charge in [-0.05, 0) is 90.9 Å². The number of methoxy groups -OCH3 is 2. The van der Waals surface area contributed by atoms with Crippen molar-refractivity contribution in [3.05, 3.63) is 23.3 Å². The van der Waals surface area contributed by atoms with Crippen molar-refractivity contribution in [1.82, 2.24) is 0 Å². The smallest absolute Gasteiger partial charge is 0.330 e. The van der Waals surface area contributed by atoms with Gasteiger partial charge in [0.1, 0.15) is 35.1 Å². The van der Waals surface area contributed by atoms with Gasteiger partial charge >= 0.3 is 5.97 Å². The molecule has 13 nitrogen and oxygen atoms in total. The summed E-state index contributed by atoms with van der Waals surface area (Å²) in [6.07, 6.45) is 1.17. The Bertz CT molecular complexity index is 1510. The first-order valence-corrected chi connectivity index (χ1v) is 20.3. The Morgan fingerprint density at radius 2 is 1.55 bits per heavy atom. The number of hydrogen-bond donors (Lipinski definition) is 4. The second-order valence-electron chi connectivity index (χ2n) is 18.2. The van der Waals surface area contributed by atoms with Crippen LogP contribution in [0.15, 0.2) is 23.3 Å². The van der Waals surface area contributed by atoms with Crippen LogP contribution in [0.3, 0.4) is 0 Å². The van der Waals surface area contributed by atoms with Crippen LogP contribution in [0.1, 0.15) is 113 Å². The molecule has 312 valence electrons. The van der Waals surface area contributed by atoms with E-state index in [2.05, 4.69) is 6.92 Å². The van der Waals surface area contributed by atoms with Gasteiger partial charge in [0.15, 0.2) is 18.4 Å². The fraction of sp³-hybridized carbons (Fsp3) is 0.857. The van der Waals surface area contributed by atoms with Gasteiger partial charge < -0.3 is 53.6 Å². The van der Waals surface area contributed by atoms with Crippen molar-refractivity contribution in [3.63, 3.8) is 0 Å². The molecule has 16 atom stereocenters. The molecule has 4 N–H and O–H groups in total. The average molecular weight is 779 g/mol. The van der Waals surface area contributed by atoms with Crippen molar-refractivity contribution in [2.45, 2.75) is 191 Å². The predicted octanol–water partition coefficient (Wildman–Crippen LogP) is 4.05. The number of fused-ring (bicyclic) bond motifs is 5. The maximum Gasteiger partial charge on any atom is 0.330 e. The molecule has 2 aliphatic heterocycles. The van der Waals surface area contributed by atoms with E-state index < -0.39 is 88.4 Å². The van der Waals surface area contributed by atoms with E-state index in [4.69, 9.17) is 33.2 Å². The molecule has 4 aliphatic carbocycles. The van der Waals surface area contributed by atoms with Crippen molar-refractivity contribution in [2.75, 3.05) is 14.2 Å². The summed E-state index contributed by atoms with van der Waals surface area (Å²) >= 11 is 0. The second-order valence-corrected chi connectivity index (χ2v) is 18.2. The molecule has 0 spiro atoms. The summed E-state index contributed by atoms with van der Waals surface area (Å²) in [5.41, 5.74) is -5.94. The highest BCUT2D eigenvalue weighted by Crippen LogP contribution is 2.71. The molecule has 0 aromatic carbocycles. The first-order chi connectivity index (χ1) is 25.7. The van der Waals surface area contributed by atoms with Gasteiger partial charge in [-0.15, -0.1) is 0 Å². The molecule has 6 aliphatic rings. The number of aliphatic hydroxyl groups excluding tert-OH is 1. The molecule has 3 saturated carbocycles. The number of hydrogen-bond acceptors (Lipinski definition) is 13. The number of allylic oxidation sites excluding steroid dienone is 1. The summed E-state index contributed by atoms with van der Waals surface area (Å²) in [6.45, 7) is 14.5. The van der Waals surface area contributed by atoms with Gasteiger partial charge in [0.2, 0.25) is 0 Å². The molecule has 2 saturated heterocycles. The van der Waals surface area contributed by atoms with Crippen molar-refractivity contribution >= 4 is 11.8 Å². The van der Waals surface area contributed by atoms with Crippen LogP contribution in [0.4, 0.5) is 0 Å². The van der Waals surface area contributed by atoms with E-state index in [1.54, 1.807) is 28.1 Å². The van der Waals surface area contributed by atoms with Gasteiger partial charge in [-0.1, -0.05) is 38.0 Å². The SMILES string of the molecule is CO[C@H]1C[C@H](O[C@H]2CC[C@@]3(C)C(=CC[C@]4(O)[C@@H]3C[C@@H](OC(=O)/C=C(\C)C(C)C)[C@@]3(C)[C@]4(O)CC[C@@]3(O)C(C)=O)C2)O[C@H](C)[C@H]1O[C@H]1C[C@@H](OC)[C@H](O)[C@@H](C)O1. The van der Waals surface area contributed by atoms with E-state index in [-0.39, 0.29) is 49.9 Å². The van der Waals surface area contributed by atoms with Crippen LogP contribution in [0.5, 0.6) is 0 Å². The van der Waals surface area contributed by atoms with Gasteiger partial charge in [-0.25, -0.2) is 4.79 Å². The minimum Gasteiger partial charge on any atom is -0.458 e. The Labute approximate surface area is 326 Å². The highest BCUT2D eigenvalue weighted by Gasteiger charge is 2.81. The Morgan fingerprint density at radius 1 is 0.909 bits per heavy atom. The molecule has 0 unspecified atom stereocenters. The number of aliphatic hydroxyl groups is 4. The van der Waals surface area contributed by atoms with Crippen LogP contribution >= 0.6 is 0 Å². The average Bonchev–Trinajstić information content (AvgIpc) is 3.36. The fourth-order valence-corrected chi connectivity index (χ4v) is 11.2. The van der Waals surface area contributed by atoms with Crippen molar-refractivity contribution in [1.29, 1.82) is 0 Å². The van der Waals surface area contributed by atoms with E-state index in [1.807, 2.05) is 33.8 Å². The van der Waals surface area contributed by atoms with E-state index in [0.29, 0.717) is 32.1 Å². The number of Topliss-reactive ketones (excluding diaryl/α,β-unsaturated/α-hetero) is 1. The molecule has 0 aromatic rings. The van der Waals surface area contributed by atoms with Crippen LogP contribution in [0, 0.1) is 22.7 Å². The number of ketones is 1. The second kappa shape index (κ2) is 15.4. The van der Waals surface area contributed by atoms with Crippen molar-refractivity contribution in [3.8, 4) is 0 Å². The van der Waals surface area contributed by atoms with E-state index in [0.717, 1.165) is 11.1 Å². The lowest BCUT2D eigenvalue weighted by Crippen LogP contribution is -2.78. The van der Waals surface area contributed by atoms with E-state index >= 15 is 0 Å². The topological polar surface area (TPSA) is 180 Å². The number of ether oxygens (including phenoxy) is 7. The summed E-state index contributed by atoms with van der Waals surface area (Å²) in [5, 5.41) is 48.0. The van der Waals surface area contributed by atoms with Crippen LogP contribution in [-0.4, -0.2) is 125 Å². The maximum absolute atomic E-state index is 13.4. The lowest BCUT2D eigenvalue weighted by molar-refractivity contribution is -0.322. The molecule has 0 radical (unpaired) electrons. The van der Waals surface area contributed by atoms with E-state index in [1.165, 1.54) is 13.0 Å². The fourth-order valence-electron chi connectivity index (χ4n) is 11.2. The van der Waals surface area contributed by atoms with Gasteiger partial charge in [0, 0.05) is 39.1 Å². The van der Waals surface area contributed by atoms with Crippen molar-refractivity contribution < 1.29 is 63.2 Å². The van der Waals surface area contributed by atoms with Gasteiger partial charge in [0.05, 0.1) is 35.9 Å². The quantitative estimate of drug-likeness (QED) is 0.142. The Balaban J connectivity index is 1.19. The van der Waals surface area contributed by atoms with Crippen molar-refractivity contribution in [2.24, 2.45) is 22.7 Å². The molecule has 55 heavy (non-hydrogen) atoms. The predicted molar refractivity (Wildman–Crippen MR) is 199 cm³/mol. The Kier molecular flexibility index (Phi) is 12.0. The highest BCUT2D eigenvalue weighted by molar-refractivity contribution is 5.87. The minimum absolute atomic E-state index is 0.0180. The summed E-state index contributed by atoms with van der Waals surface area (Å²) in [5.74, 6) is -1.55. The molecule has 0 bridgehead atoms. The minimum atomic E-state index is -2.00. The highest BCUT2D eigenvalue weighted by atomic mass is 16.7. The molecule has 0 aromatic heterocycles. The summed E-state index contributed by atoms with van der Waals surface area (Å²) in [4.78, 5) is 26.6. The third-order valence-corrected chi connectivity index (χ3v) is 15.2. The van der Waals surface area contributed by atoms with Crippen LogP contribution < -0.4 is 0 Å². The van der Waals surface area contributed by atoms with E-state index in [9.17, 15) is 30.0 Å². The van der Waals surface area contributed by atoms with Gasteiger partial charge in [-0.3, -0.25) is 4.79 Å². The van der Waals surface area contributed by atoms with Gasteiger partial charge in [0.25, 0.3) is 0 Å². The molecular formula is C42H66O13. The summed E-state index contributed by atoms with van der Waals surface area (Å²) in [6, 6.07) is 0. The monoisotopic (exact) mass is 778 g/mol. The number of carbonyl (C=O) groups excluding carboxylic acids is 2. The zero-order valence-electron chi connectivity index (χ0n) is 34.4. The normalized spacial score (nSPS) is 48.7. The van der Waals surface area contributed by atoms with Crippen LogP contribution in [-0.2, 0) is 42.7 Å². The third kappa shape index (κ3) is 6.89. The van der Waals surface area contributed by atoms with Crippen LogP contribution in [0.25, 0.3) is 0 Å². The van der Waals surface area contributed by atoms with Gasteiger partial charge in [-0.2, -0.15) is 0 Å². The summed E-state index contributed by atoms with van der Waals surface area (Å²) < 4.78 is 42.9. The molecule has 2 heterocycles. The van der Waals surface area contributed by atoms with Crippen LogP contribution in [0.2, 0.25) is 0 Å². The molecule has 0 amide bonds. The number of carbonyl (C=O) groups is 2. The lowest BCUT2D eigenvalue weighted by Gasteiger charge is -2.67. The lowest BCUT2D eigenvalue weighted by atomic mass is 9.42.